The Hall–Kier alpha value is -2.24. The zero-order chi connectivity index (χ0) is 15.4. The third-order valence-electron chi connectivity index (χ3n) is 3.44. The van der Waals surface area contributed by atoms with Crippen LogP contribution in [0.5, 0.6) is 5.75 Å². The topological polar surface area (TPSA) is 67.9 Å². The van der Waals surface area contributed by atoms with Crippen LogP contribution in [0.25, 0.3) is 0 Å². The SMILES string of the molecule is COC(=O)C(C)CN(C)C(=O)C1CNc2ccccc2O1. The van der Waals surface area contributed by atoms with E-state index in [4.69, 9.17) is 4.74 Å². The van der Waals surface area contributed by atoms with Crippen molar-refractivity contribution >= 4 is 17.6 Å². The van der Waals surface area contributed by atoms with E-state index in [0.717, 1.165) is 5.69 Å². The maximum Gasteiger partial charge on any atom is 0.310 e. The fraction of sp³-hybridized carbons (Fsp3) is 0.467. The van der Waals surface area contributed by atoms with Gasteiger partial charge in [-0.3, -0.25) is 9.59 Å². The Bertz CT molecular complexity index is 532. The lowest BCUT2D eigenvalue weighted by atomic mass is 10.1. The van der Waals surface area contributed by atoms with Gasteiger partial charge in [0, 0.05) is 13.6 Å². The molecule has 0 radical (unpaired) electrons. The van der Waals surface area contributed by atoms with E-state index < -0.39 is 6.10 Å². The van der Waals surface area contributed by atoms with E-state index >= 15 is 0 Å². The number of nitrogens with one attached hydrogen (secondary N) is 1. The van der Waals surface area contributed by atoms with Gasteiger partial charge in [-0.2, -0.15) is 0 Å². The van der Waals surface area contributed by atoms with Gasteiger partial charge in [0.25, 0.3) is 5.91 Å². The summed E-state index contributed by atoms with van der Waals surface area (Å²) in [4.78, 5) is 25.3. The number of fused-ring (bicyclic) bond motifs is 1. The van der Waals surface area contributed by atoms with Crippen LogP contribution in [-0.2, 0) is 14.3 Å². The zero-order valence-electron chi connectivity index (χ0n) is 12.5. The molecule has 1 aliphatic heterocycles. The molecule has 1 amide bonds. The largest absolute Gasteiger partial charge is 0.477 e. The molecule has 21 heavy (non-hydrogen) atoms. The van der Waals surface area contributed by atoms with E-state index in [1.165, 1.54) is 12.0 Å². The molecule has 114 valence electrons. The van der Waals surface area contributed by atoms with Gasteiger partial charge in [0.2, 0.25) is 0 Å². The van der Waals surface area contributed by atoms with Gasteiger partial charge in [0.15, 0.2) is 6.10 Å². The summed E-state index contributed by atoms with van der Waals surface area (Å²) in [6, 6.07) is 7.48. The second kappa shape index (κ2) is 6.47. The molecular formula is C15H20N2O4. The second-order valence-corrected chi connectivity index (χ2v) is 5.13. The number of anilines is 1. The highest BCUT2D eigenvalue weighted by Gasteiger charge is 2.29. The molecule has 1 aliphatic rings. The maximum atomic E-state index is 12.4. The average molecular weight is 292 g/mol. The molecule has 0 spiro atoms. The van der Waals surface area contributed by atoms with Gasteiger partial charge in [-0.15, -0.1) is 0 Å². The van der Waals surface area contributed by atoms with Gasteiger partial charge in [0.1, 0.15) is 5.75 Å². The Morgan fingerprint density at radius 3 is 2.90 bits per heavy atom. The first kappa shape index (κ1) is 15.2. The number of para-hydroxylation sites is 2. The summed E-state index contributed by atoms with van der Waals surface area (Å²) in [6.45, 7) is 2.44. The van der Waals surface area contributed by atoms with Crippen molar-refractivity contribution in [1.82, 2.24) is 4.90 Å². The lowest BCUT2D eigenvalue weighted by Crippen LogP contribution is -2.47. The third-order valence-corrected chi connectivity index (χ3v) is 3.44. The summed E-state index contributed by atoms with van der Waals surface area (Å²) in [5.41, 5.74) is 0.882. The Labute approximate surface area is 124 Å². The predicted octanol–water partition coefficient (Wildman–Crippen LogP) is 1.13. The molecule has 0 aromatic heterocycles. The minimum Gasteiger partial charge on any atom is -0.477 e. The fourth-order valence-corrected chi connectivity index (χ4v) is 2.27. The monoisotopic (exact) mass is 292 g/mol. The first-order valence-electron chi connectivity index (χ1n) is 6.85. The Morgan fingerprint density at radius 2 is 2.19 bits per heavy atom. The van der Waals surface area contributed by atoms with Crippen molar-refractivity contribution in [2.24, 2.45) is 5.92 Å². The minimum absolute atomic E-state index is 0.159. The van der Waals surface area contributed by atoms with Crippen LogP contribution in [0.15, 0.2) is 24.3 Å². The predicted molar refractivity (Wildman–Crippen MR) is 78.2 cm³/mol. The highest BCUT2D eigenvalue weighted by molar-refractivity contribution is 5.83. The Kier molecular flexibility index (Phi) is 4.67. The van der Waals surface area contributed by atoms with Gasteiger partial charge in [0.05, 0.1) is 25.3 Å². The van der Waals surface area contributed by atoms with Crippen LogP contribution in [-0.4, -0.2) is 50.1 Å². The van der Waals surface area contributed by atoms with E-state index in [-0.39, 0.29) is 17.8 Å². The lowest BCUT2D eigenvalue weighted by molar-refractivity contribution is -0.147. The molecular weight excluding hydrogens is 272 g/mol. The van der Waals surface area contributed by atoms with Crippen LogP contribution in [0.1, 0.15) is 6.92 Å². The van der Waals surface area contributed by atoms with Gasteiger partial charge in [-0.05, 0) is 12.1 Å². The van der Waals surface area contributed by atoms with Crippen molar-refractivity contribution in [3.05, 3.63) is 24.3 Å². The van der Waals surface area contributed by atoms with E-state index in [2.05, 4.69) is 10.1 Å². The van der Waals surface area contributed by atoms with Gasteiger partial charge in [-0.25, -0.2) is 0 Å². The van der Waals surface area contributed by atoms with E-state index in [1.54, 1.807) is 14.0 Å². The van der Waals surface area contributed by atoms with E-state index in [9.17, 15) is 9.59 Å². The molecule has 0 fully saturated rings. The fourth-order valence-electron chi connectivity index (χ4n) is 2.27. The van der Waals surface area contributed by atoms with Gasteiger partial charge in [-0.1, -0.05) is 19.1 Å². The molecule has 0 saturated carbocycles. The number of hydrogen-bond donors (Lipinski definition) is 1. The van der Waals surface area contributed by atoms with Crippen LogP contribution < -0.4 is 10.1 Å². The quantitative estimate of drug-likeness (QED) is 0.843. The smallest absolute Gasteiger partial charge is 0.310 e. The zero-order valence-corrected chi connectivity index (χ0v) is 12.5. The molecule has 1 aromatic carbocycles. The number of methoxy groups -OCH3 is 1. The number of rotatable bonds is 4. The number of ether oxygens (including phenoxy) is 2. The first-order valence-corrected chi connectivity index (χ1v) is 6.85. The molecule has 0 aliphatic carbocycles. The summed E-state index contributed by atoms with van der Waals surface area (Å²) in [6.07, 6.45) is -0.588. The van der Waals surface area contributed by atoms with Crippen LogP contribution in [0, 0.1) is 5.92 Å². The molecule has 2 unspecified atom stereocenters. The molecule has 2 atom stereocenters. The molecule has 0 bridgehead atoms. The Balaban J connectivity index is 1.96. The van der Waals surface area contributed by atoms with Crippen LogP contribution >= 0.6 is 0 Å². The number of likely N-dealkylation sites (N-methyl/N-ethyl adjacent to an activating group) is 1. The number of carbonyl (C=O) groups excluding carboxylic acids is 2. The average Bonchev–Trinajstić information content (AvgIpc) is 2.52. The van der Waals surface area contributed by atoms with Crippen molar-refractivity contribution in [2.45, 2.75) is 13.0 Å². The first-order chi connectivity index (χ1) is 10.0. The second-order valence-electron chi connectivity index (χ2n) is 5.13. The van der Waals surface area contributed by atoms with Crippen molar-refractivity contribution in [1.29, 1.82) is 0 Å². The highest BCUT2D eigenvalue weighted by atomic mass is 16.5. The number of esters is 1. The van der Waals surface area contributed by atoms with Gasteiger partial charge >= 0.3 is 5.97 Å². The van der Waals surface area contributed by atoms with Gasteiger partial charge < -0.3 is 19.7 Å². The summed E-state index contributed by atoms with van der Waals surface area (Å²) >= 11 is 0. The molecule has 1 aromatic rings. The third kappa shape index (κ3) is 3.45. The lowest BCUT2D eigenvalue weighted by Gasteiger charge is -2.30. The molecule has 0 saturated heterocycles. The summed E-state index contributed by atoms with van der Waals surface area (Å²) in [7, 11) is 3.00. The normalized spacial score (nSPS) is 17.8. The Morgan fingerprint density at radius 1 is 1.48 bits per heavy atom. The molecule has 6 nitrogen and oxygen atoms in total. The van der Waals surface area contributed by atoms with Crippen molar-refractivity contribution < 1.29 is 19.1 Å². The van der Waals surface area contributed by atoms with Crippen molar-refractivity contribution in [2.75, 3.05) is 32.6 Å². The standard InChI is InChI=1S/C15H20N2O4/c1-10(15(19)20-3)9-17(2)14(18)13-8-16-11-6-4-5-7-12(11)21-13/h4-7,10,13,16H,8-9H2,1-3H3. The van der Waals surface area contributed by atoms with E-state index in [0.29, 0.717) is 18.8 Å². The number of nitrogens with zero attached hydrogens (tertiary/aromatic N) is 1. The number of carbonyl (C=O) groups is 2. The molecule has 2 rings (SSSR count). The number of hydrogen-bond acceptors (Lipinski definition) is 5. The van der Waals surface area contributed by atoms with Crippen LogP contribution in [0.4, 0.5) is 5.69 Å². The van der Waals surface area contributed by atoms with Crippen LogP contribution in [0.3, 0.4) is 0 Å². The molecule has 1 N–H and O–H groups in total. The number of benzene rings is 1. The van der Waals surface area contributed by atoms with E-state index in [1.807, 2.05) is 24.3 Å². The molecule has 1 heterocycles. The van der Waals surface area contributed by atoms with Crippen LogP contribution in [0.2, 0.25) is 0 Å². The summed E-state index contributed by atoms with van der Waals surface area (Å²) in [5.74, 6) is -0.195. The number of amides is 1. The summed E-state index contributed by atoms with van der Waals surface area (Å²) in [5, 5.41) is 3.17. The van der Waals surface area contributed by atoms with Crippen molar-refractivity contribution in [3.8, 4) is 5.75 Å². The highest BCUT2D eigenvalue weighted by Crippen LogP contribution is 2.28. The summed E-state index contributed by atoms with van der Waals surface area (Å²) < 4.78 is 10.4. The maximum absolute atomic E-state index is 12.4. The molecule has 6 heteroatoms. The van der Waals surface area contributed by atoms with Crippen molar-refractivity contribution in [3.63, 3.8) is 0 Å². The minimum atomic E-state index is -0.588.